The second kappa shape index (κ2) is 8.68. The lowest BCUT2D eigenvalue weighted by atomic mass is 9.98. The van der Waals surface area contributed by atoms with Gasteiger partial charge < -0.3 is 4.74 Å². The Labute approximate surface area is 193 Å². The lowest BCUT2D eigenvalue weighted by Crippen LogP contribution is -2.17. The van der Waals surface area contributed by atoms with Crippen LogP contribution in [-0.4, -0.2) is 33.4 Å². The Kier molecular flexibility index (Phi) is 5.42. The maximum Gasteiger partial charge on any atom is 0.258 e. The van der Waals surface area contributed by atoms with Crippen LogP contribution in [0.15, 0.2) is 84.2 Å². The number of rotatable bonds is 6. The second-order valence-electron chi connectivity index (χ2n) is 7.17. The topological polar surface area (TPSA) is 85.6 Å². The van der Waals surface area contributed by atoms with Crippen LogP contribution in [0.2, 0.25) is 0 Å². The largest absolute Gasteiger partial charge is 0.497 e. The smallest absolute Gasteiger partial charge is 0.258 e. The highest BCUT2D eigenvalue weighted by atomic mass is 32.1. The molecule has 1 amide bonds. The molecule has 0 aliphatic carbocycles. The molecule has 3 aromatic carbocycles. The molecule has 0 fully saturated rings. The Balaban J connectivity index is 1.42. The molecule has 2 heterocycles. The second-order valence-corrected chi connectivity index (χ2v) is 8.01. The van der Waals surface area contributed by atoms with E-state index in [1.165, 1.54) is 11.3 Å². The van der Waals surface area contributed by atoms with Crippen molar-refractivity contribution in [2.45, 2.75) is 0 Å². The van der Waals surface area contributed by atoms with Crippen LogP contribution < -0.4 is 10.1 Å². The molecule has 162 valence electrons. The monoisotopic (exact) mass is 454 g/mol. The first-order chi connectivity index (χ1) is 16.1. The average Bonchev–Trinajstić information content (AvgIpc) is 3.44. The highest BCUT2D eigenvalue weighted by Crippen LogP contribution is 2.27. The van der Waals surface area contributed by atoms with Crippen molar-refractivity contribution in [2.24, 2.45) is 0 Å². The van der Waals surface area contributed by atoms with E-state index in [4.69, 9.17) is 4.74 Å². The average molecular weight is 455 g/mol. The van der Waals surface area contributed by atoms with E-state index in [-0.39, 0.29) is 17.3 Å². The van der Waals surface area contributed by atoms with Gasteiger partial charge in [0, 0.05) is 22.1 Å². The van der Waals surface area contributed by atoms with Crippen molar-refractivity contribution in [1.29, 1.82) is 0 Å². The van der Waals surface area contributed by atoms with Gasteiger partial charge >= 0.3 is 0 Å². The van der Waals surface area contributed by atoms with Crippen LogP contribution in [-0.2, 0) is 0 Å². The van der Waals surface area contributed by atoms with Crippen molar-refractivity contribution < 1.29 is 14.3 Å². The first-order valence-corrected chi connectivity index (χ1v) is 11.0. The molecular weight excluding hydrogens is 436 g/mol. The number of benzene rings is 3. The first-order valence-electron chi connectivity index (χ1n) is 10.1. The lowest BCUT2D eigenvalue weighted by molar-refractivity contribution is 0.0996. The van der Waals surface area contributed by atoms with Crippen molar-refractivity contribution in [3.05, 3.63) is 101 Å². The molecule has 2 aromatic heterocycles. The SMILES string of the molecule is COc1ccc(-c2csc3nc(NC(=O)c4ccccc4C(=O)c4ccccc4)nn23)cc1. The van der Waals surface area contributed by atoms with E-state index >= 15 is 0 Å². The quantitative estimate of drug-likeness (QED) is 0.367. The number of hydrogen-bond acceptors (Lipinski definition) is 6. The number of nitrogens with zero attached hydrogens (tertiary/aromatic N) is 3. The van der Waals surface area contributed by atoms with E-state index in [9.17, 15) is 9.59 Å². The molecule has 8 heteroatoms. The fourth-order valence-electron chi connectivity index (χ4n) is 3.49. The predicted octanol–water partition coefficient (Wildman–Crippen LogP) is 4.95. The molecule has 1 N–H and O–H groups in total. The summed E-state index contributed by atoms with van der Waals surface area (Å²) in [6.07, 6.45) is 0. The number of carbonyl (C=O) groups excluding carboxylic acids is 2. The number of ketones is 1. The van der Waals surface area contributed by atoms with Gasteiger partial charge in [-0.05, 0) is 30.3 Å². The number of methoxy groups -OCH3 is 1. The minimum Gasteiger partial charge on any atom is -0.497 e. The van der Waals surface area contributed by atoms with Crippen LogP contribution in [0.1, 0.15) is 26.3 Å². The fourth-order valence-corrected chi connectivity index (χ4v) is 4.32. The first kappa shape index (κ1) is 20.6. The molecule has 7 nitrogen and oxygen atoms in total. The maximum absolute atomic E-state index is 13.0. The summed E-state index contributed by atoms with van der Waals surface area (Å²) in [5, 5.41) is 9.14. The third-order valence-electron chi connectivity index (χ3n) is 5.15. The van der Waals surface area contributed by atoms with Gasteiger partial charge in [-0.2, -0.15) is 4.98 Å². The van der Waals surface area contributed by atoms with E-state index < -0.39 is 5.91 Å². The van der Waals surface area contributed by atoms with Crippen LogP contribution in [0, 0.1) is 0 Å². The van der Waals surface area contributed by atoms with E-state index in [0.717, 1.165) is 17.0 Å². The minimum absolute atomic E-state index is 0.170. The van der Waals surface area contributed by atoms with E-state index in [1.54, 1.807) is 60.2 Å². The summed E-state index contributed by atoms with van der Waals surface area (Å²) in [7, 11) is 1.62. The Hall–Kier alpha value is -4.30. The normalized spacial score (nSPS) is 10.8. The molecule has 0 radical (unpaired) electrons. The molecule has 0 atom stereocenters. The van der Waals surface area contributed by atoms with Gasteiger partial charge in [0.2, 0.25) is 4.96 Å². The van der Waals surface area contributed by atoms with E-state index in [1.807, 2.05) is 35.7 Å². The highest BCUT2D eigenvalue weighted by Gasteiger charge is 2.20. The van der Waals surface area contributed by atoms with Crippen LogP contribution in [0.5, 0.6) is 5.75 Å². The summed E-state index contributed by atoms with van der Waals surface area (Å²) >= 11 is 1.42. The zero-order chi connectivity index (χ0) is 22.8. The number of anilines is 1. The number of amides is 1. The molecule has 0 bridgehead atoms. The van der Waals surface area contributed by atoms with E-state index in [2.05, 4.69) is 15.4 Å². The summed E-state index contributed by atoms with van der Waals surface area (Å²) in [4.78, 5) is 31.0. The fraction of sp³-hybridized carbons (Fsp3) is 0.0400. The van der Waals surface area contributed by atoms with Gasteiger partial charge in [-0.15, -0.1) is 16.4 Å². The highest BCUT2D eigenvalue weighted by molar-refractivity contribution is 7.15. The summed E-state index contributed by atoms with van der Waals surface area (Å²) in [5.41, 5.74) is 2.90. The number of thiazole rings is 1. The van der Waals surface area contributed by atoms with Crippen LogP contribution in [0.4, 0.5) is 5.95 Å². The Bertz CT molecular complexity index is 1460. The zero-order valence-corrected chi connectivity index (χ0v) is 18.4. The third-order valence-corrected chi connectivity index (χ3v) is 5.96. The maximum atomic E-state index is 13.0. The van der Waals surface area contributed by atoms with Gasteiger partial charge in [0.25, 0.3) is 11.9 Å². The molecule has 5 rings (SSSR count). The summed E-state index contributed by atoms with van der Waals surface area (Å²) in [6.45, 7) is 0. The van der Waals surface area contributed by atoms with Crippen molar-refractivity contribution in [2.75, 3.05) is 12.4 Å². The number of carbonyl (C=O) groups is 2. The molecule has 0 unspecified atom stereocenters. The Morgan fingerprint density at radius 1 is 0.909 bits per heavy atom. The summed E-state index contributed by atoms with van der Waals surface area (Å²) < 4.78 is 6.90. The van der Waals surface area contributed by atoms with Crippen LogP contribution in [0.3, 0.4) is 0 Å². The minimum atomic E-state index is -0.445. The van der Waals surface area contributed by atoms with Gasteiger partial charge in [-0.25, -0.2) is 4.52 Å². The Morgan fingerprint density at radius 2 is 1.61 bits per heavy atom. The molecular formula is C25H18N4O3S. The zero-order valence-electron chi connectivity index (χ0n) is 17.6. The van der Waals surface area contributed by atoms with Crippen molar-refractivity contribution >= 4 is 33.9 Å². The molecule has 0 saturated carbocycles. The van der Waals surface area contributed by atoms with Crippen LogP contribution >= 0.6 is 11.3 Å². The van der Waals surface area contributed by atoms with Gasteiger partial charge in [0.1, 0.15) is 5.75 Å². The standard InChI is InChI=1S/C25H18N4O3S/c1-32-18-13-11-16(12-14-18)21-15-33-25-27-24(28-29(21)25)26-23(31)20-10-6-5-9-19(20)22(30)17-7-3-2-4-8-17/h2-15H,1H3,(H,26,28,31). The van der Waals surface area contributed by atoms with Crippen molar-refractivity contribution in [3.63, 3.8) is 0 Å². The van der Waals surface area contributed by atoms with Crippen LogP contribution in [0.25, 0.3) is 16.2 Å². The van der Waals surface area contributed by atoms with E-state index in [0.29, 0.717) is 16.1 Å². The summed E-state index contributed by atoms with van der Waals surface area (Å²) in [6, 6.07) is 23.2. The van der Waals surface area contributed by atoms with Gasteiger partial charge in [-0.3, -0.25) is 14.9 Å². The molecule has 0 saturated heterocycles. The number of hydrogen-bond donors (Lipinski definition) is 1. The van der Waals surface area contributed by atoms with Crippen molar-refractivity contribution in [3.8, 4) is 17.0 Å². The van der Waals surface area contributed by atoms with Gasteiger partial charge in [0.05, 0.1) is 18.4 Å². The van der Waals surface area contributed by atoms with Gasteiger partial charge in [-0.1, -0.05) is 48.5 Å². The lowest BCUT2D eigenvalue weighted by Gasteiger charge is -2.08. The summed E-state index contributed by atoms with van der Waals surface area (Å²) in [5.74, 6) is 0.269. The third kappa shape index (κ3) is 3.99. The van der Waals surface area contributed by atoms with Crippen molar-refractivity contribution in [1.82, 2.24) is 14.6 Å². The predicted molar refractivity (Wildman–Crippen MR) is 127 cm³/mol. The Morgan fingerprint density at radius 3 is 2.33 bits per heavy atom. The number of aromatic nitrogens is 3. The number of nitrogens with one attached hydrogen (secondary N) is 1. The number of fused-ring (bicyclic) bond motifs is 1. The molecule has 0 spiro atoms. The number of ether oxygens (including phenoxy) is 1. The molecule has 5 aromatic rings. The molecule has 33 heavy (non-hydrogen) atoms. The van der Waals surface area contributed by atoms with Gasteiger partial charge in [0.15, 0.2) is 5.78 Å². The molecule has 0 aliphatic heterocycles. The molecule has 0 aliphatic rings.